The Labute approximate surface area is 94.6 Å². The SMILES string of the molecule is CC(C)N1CC2N(C(C)C)CC1C2(C)C. The second-order valence-electron chi connectivity index (χ2n) is 6.43. The van der Waals surface area contributed by atoms with Crippen LogP contribution in [0.15, 0.2) is 0 Å². The van der Waals surface area contributed by atoms with Crippen molar-refractivity contribution in [2.24, 2.45) is 5.41 Å². The lowest BCUT2D eigenvalue weighted by molar-refractivity contribution is 0.0849. The van der Waals surface area contributed by atoms with E-state index in [1.165, 1.54) is 13.1 Å². The molecule has 2 atom stereocenters. The molecule has 0 radical (unpaired) electrons. The fourth-order valence-corrected chi connectivity index (χ4v) is 3.55. The third-order valence-corrected chi connectivity index (χ3v) is 4.61. The molecule has 2 rings (SSSR count). The lowest BCUT2D eigenvalue weighted by atomic mass is 9.84. The van der Waals surface area contributed by atoms with Crippen molar-refractivity contribution in [2.75, 3.05) is 13.1 Å². The van der Waals surface area contributed by atoms with Crippen LogP contribution in [-0.4, -0.2) is 47.1 Å². The Bertz CT molecular complexity index is 221. The largest absolute Gasteiger partial charge is 0.295 e. The van der Waals surface area contributed by atoms with E-state index in [1.54, 1.807) is 0 Å². The molecule has 88 valence electrons. The highest BCUT2D eigenvalue weighted by Gasteiger charge is 2.57. The summed E-state index contributed by atoms with van der Waals surface area (Å²) < 4.78 is 0. The Morgan fingerprint density at radius 1 is 0.867 bits per heavy atom. The van der Waals surface area contributed by atoms with Gasteiger partial charge in [-0.1, -0.05) is 13.8 Å². The van der Waals surface area contributed by atoms with Gasteiger partial charge in [-0.2, -0.15) is 0 Å². The molecule has 0 spiro atoms. The van der Waals surface area contributed by atoms with Crippen LogP contribution in [0.4, 0.5) is 0 Å². The zero-order valence-corrected chi connectivity index (χ0v) is 11.1. The van der Waals surface area contributed by atoms with E-state index in [4.69, 9.17) is 0 Å². The van der Waals surface area contributed by atoms with E-state index in [0.29, 0.717) is 17.5 Å². The predicted molar refractivity (Wildman–Crippen MR) is 65.0 cm³/mol. The molecule has 2 heteroatoms. The first-order chi connectivity index (χ1) is 6.85. The maximum absolute atomic E-state index is 2.70. The molecule has 0 aromatic carbocycles. The number of fused-ring (bicyclic) bond motifs is 2. The van der Waals surface area contributed by atoms with Gasteiger partial charge in [-0.25, -0.2) is 0 Å². The van der Waals surface area contributed by atoms with E-state index in [-0.39, 0.29) is 0 Å². The molecule has 15 heavy (non-hydrogen) atoms. The molecule has 0 aliphatic carbocycles. The van der Waals surface area contributed by atoms with Crippen molar-refractivity contribution < 1.29 is 0 Å². The second-order valence-corrected chi connectivity index (χ2v) is 6.43. The fraction of sp³-hybridized carbons (Fsp3) is 1.00. The summed E-state index contributed by atoms with van der Waals surface area (Å²) in [5, 5.41) is 0. The summed E-state index contributed by atoms with van der Waals surface area (Å²) in [5.74, 6) is 0. The first kappa shape index (κ1) is 11.4. The summed E-state index contributed by atoms with van der Waals surface area (Å²) in [7, 11) is 0. The standard InChI is InChI=1S/C13H26N2/c1-9(2)14-7-12-13(5,6)11(14)8-15(12)10(3)4/h9-12H,7-8H2,1-6H3. The summed E-state index contributed by atoms with van der Waals surface area (Å²) in [4.78, 5) is 5.40. The molecule has 2 nitrogen and oxygen atoms in total. The molecule has 0 aromatic heterocycles. The van der Waals surface area contributed by atoms with Crippen LogP contribution in [0, 0.1) is 5.41 Å². The quantitative estimate of drug-likeness (QED) is 0.689. The molecular formula is C13H26N2. The molecule has 2 aliphatic heterocycles. The van der Waals surface area contributed by atoms with Crippen LogP contribution in [0.3, 0.4) is 0 Å². The van der Waals surface area contributed by atoms with Gasteiger partial charge < -0.3 is 0 Å². The number of piperazine rings is 1. The minimum absolute atomic E-state index is 0.481. The summed E-state index contributed by atoms with van der Waals surface area (Å²) in [5.41, 5.74) is 0.481. The van der Waals surface area contributed by atoms with Crippen LogP contribution in [0.25, 0.3) is 0 Å². The number of hydrogen-bond acceptors (Lipinski definition) is 2. The molecule has 2 heterocycles. The number of nitrogens with zero attached hydrogens (tertiary/aromatic N) is 2. The predicted octanol–water partition coefficient (Wildman–Crippen LogP) is 2.20. The van der Waals surface area contributed by atoms with E-state index >= 15 is 0 Å². The van der Waals surface area contributed by atoms with Gasteiger partial charge >= 0.3 is 0 Å². The maximum atomic E-state index is 2.70. The third-order valence-electron chi connectivity index (χ3n) is 4.61. The molecule has 2 bridgehead atoms. The first-order valence-corrected chi connectivity index (χ1v) is 6.37. The molecular weight excluding hydrogens is 184 g/mol. The van der Waals surface area contributed by atoms with Crippen LogP contribution in [0.2, 0.25) is 0 Å². The summed E-state index contributed by atoms with van der Waals surface area (Å²) in [6.07, 6.45) is 0. The third kappa shape index (κ3) is 1.53. The van der Waals surface area contributed by atoms with Gasteiger partial charge in [0.2, 0.25) is 0 Å². The van der Waals surface area contributed by atoms with Crippen LogP contribution >= 0.6 is 0 Å². The van der Waals surface area contributed by atoms with Gasteiger partial charge in [-0.3, -0.25) is 9.80 Å². The highest BCUT2D eigenvalue weighted by atomic mass is 15.4. The highest BCUT2D eigenvalue weighted by molar-refractivity contribution is 5.12. The van der Waals surface area contributed by atoms with Crippen molar-refractivity contribution in [1.29, 1.82) is 0 Å². The normalized spacial score (nSPS) is 36.0. The van der Waals surface area contributed by atoms with E-state index in [0.717, 1.165) is 12.1 Å². The average molecular weight is 210 g/mol. The molecule has 0 saturated carbocycles. The van der Waals surface area contributed by atoms with E-state index in [9.17, 15) is 0 Å². The molecule has 0 aromatic rings. The van der Waals surface area contributed by atoms with E-state index in [1.807, 2.05) is 0 Å². The second kappa shape index (κ2) is 3.46. The van der Waals surface area contributed by atoms with Crippen molar-refractivity contribution in [3.63, 3.8) is 0 Å². The van der Waals surface area contributed by atoms with Gasteiger partial charge in [0.15, 0.2) is 0 Å². The van der Waals surface area contributed by atoms with Gasteiger partial charge in [0, 0.05) is 37.3 Å². The Morgan fingerprint density at radius 2 is 1.20 bits per heavy atom. The maximum Gasteiger partial charge on any atom is 0.0293 e. The van der Waals surface area contributed by atoms with E-state index < -0.39 is 0 Å². The Hall–Kier alpha value is -0.0800. The lowest BCUT2D eigenvalue weighted by Crippen LogP contribution is -2.50. The van der Waals surface area contributed by atoms with Crippen molar-refractivity contribution in [1.82, 2.24) is 9.80 Å². The molecule has 2 saturated heterocycles. The molecule has 2 fully saturated rings. The van der Waals surface area contributed by atoms with Crippen molar-refractivity contribution in [3.8, 4) is 0 Å². The minimum atomic E-state index is 0.481. The van der Waals surface area contributed by atoms with Crippen molar-refractivity contribution in [2.45, 2.75) is 65.7 Å². The van der Waals surface area contributed by atoms with Gasteiger partial charge in [0.25, 0.3) is 0 Å². The monoisotopic (exact) mass is 210 g/mol. The fourth-order valence-electron chi connectivity index (χ4n) is 3.55. The van der Waals surface area contributed by atoms with Gasteiger partial charge in [0.1, 0.15) is 0 Å². The Morgan fingerprint density at radius 3 is 1.40 bits per heavy atom. The first-order valence-electron chi connectivity index (χ1n) is 6.37. The van der Waals surface area contributed by atoms with Crippen LogP contribution in [0.5, 0.6) is 0 Å². The van der Waals surface area contributed by atoms with Gasteiger partial charge in [-0.15, -0.1) is 0 Å². The number of likely N-dealkylation sites (tertiary alicyclic amines) is 2. The minimum Gasteiger partial charge on any atom is -0.295 e. The zero-order chi connectivity index (χ0) is 11.4. The number of hydrogen-bond donors (Lipinski definition) is 0. The molecule has 2 aliphatic rings. The number of rotatable bonds is 2. The van der Waals surface area contributed by atoms with Crippen LogP contribution < -0.4 is 0 Å². The topological polar surface area (TPSA) is 6.48 Å². The van der Waals surface area contributed by atoms with Gasteiger partial charge in [-0.05, 0) is 33.1 Å². The smallest absolute Gasteiger partial charge is 0.0293 e. The van der Waals surface area contributed by atoms with E-state index in [2.05, 4.69) is 51.3 Å². The Balaban J connectivity index is 2.20. The zero-order valence-electron chi connectivity index (χ0n) is 11.1. The molecule has 0 N–H and O–H groups in total. The highest BCUT2D eigenvalue weighted by Crippen LogP contribution is 2.46. The van der Waals surface area contributed by atoms with Crippen molar-refractivity contribution >= 4 is 0 Å². The summed E-state index contributed by atoms with van der Waals surface area (Å²) in [6, 6.07) is 2.94. The summed E-state index contributed by atoms with van der Waals surface area (Å²) in [6.45, 7) is 16.8. The average Bonchev–Trinajstić information content (AvgIpc) is 2.52. The van der Waals surface area contributed by atoms with Crippen LogP contribution in [-0.2, 0) is 0 Å². The Kier molecular flexibility index (Phi) is 2.63. The molecule has 2 unspecified atom stereocenters. The summed E-state index contributed by atoms with van der Waals surface area (Å²) >= 11 is 0. The lowest BCUT2D eigenvalue weighted by Gasteiger charge is -2.38. The van der Waals surface area contributed by atoms with Gasteiger partial charge in [0.05, 0.1) is 0 Å². The molecule has 0 amide bonds. The van der Waals surface area contributed by atoms with Crippen molar-refractivity contribution in [3.05, 3.63) is 0 Å². The van der Waals surface area contributed by atoms with Crippen LogP contribution in [0.1, 0.15) is 41.5 Å².